The Hall–Kier alpha value is -2.85. The first-order valence-corrected chi connectivity index (χ1v) is 5.75. The van der Waals surface area contributed by atoms with Gasteiger partial charge >= 0.3 is 0 Å². The third-order valence-corrected chi connectivity index (χ3v) is 2.94. The van der Waals surface area contributed by atoms with Gasteiger partial charge in [-0.1, -0.05) is 12.1 Å². The Morgan fingerprint density at radius 1 is 1.05 bits per heavy atom. The van der Waals surface area contributed by atoms with E-state index in [0.717, 1.165) is 11.3 Å². The molecule has 19 heavy (non-hydrogen) atoms. The molecule has 0 fully saturated rings. The van der Waals surface area contributed by atoms with E-state index in [0.29, 0.717) is 12.1 Å². The number of aryl methyl sites for hydroxylation is 1. The first kappa shape index (κ1) is 12.6. The first-order chi connectivity index (χ1) is 9.15. The summed E-state index contributed by atoms with van der Waals surface area (Å²) in [5.74, 6) is 0. The predicted octanol–water partition coefficient (Wildman–Crippen LogP) is 1.95. The van der Waals surface area contributed by atoms with Crippen LogP contribution in [0, 0.1) is 29.6 Å². The van der Waals surface area contributed by atoms with Crippen molar-refractivity contribution in [3.8, 4) is 12.1 Å². The number of hydrogen-bond acceptors (Lipinski definition) is 3. The summed E-state index contributed by atoms with van der Waals surface area (Å²) < 4.78 is 1.56. The van der Waals surface area contributed by atoms with Gasteiger partial charge in [-0.3, -0.25) is 4.79 Å². The third-order valence-electron chi connectivity index (χ3n) is 2.94. The lowest BCUT2D eigenvalue weighted by atomic mass is 10.1. The van der Waals surface area contributed by atoms with Crippen LogP contribution in [0.2, 0.25) is 0 Å². The van der Waals surface area contributed by atoms with E-state index in [9.17, 15) is 4.79 Å². The van der Waals surface area contributed by atoms with Gasteiger partial charge in [-0.2, -0.15) is 10.5 Å². The molecular formula is C15H11N3O. The quantitative estimate of drug-likeness (QED) is 0.816. The summed E-state index contributed by atoms with van der Waals surface area (Å²) in [6.45, 7) is 2.22. The Labute approximate surface area is 110 Å². The van der Waals surface area contributed by atoms with Gasteiger partial charge in [0.2, 0.25) is 0 Å². The van der Waals surface area contributed by atoms with Gasteiger partial charge in [-0.05, 0) is 36.8 Å². The molecule has 92 valence electrons. The summed E-state index contributed by atoms with van der Waals surface area (Å²) in [6, 6.07) is 14.3. The second-order valence-electron chi connectivity index (χ2n) is 4.20. The van der Waals surface area contributed by atoms with Crippen molar-refractivity contribution in [3.63, 3.8) is 0 Å². The fourth-order valence-electron chi connectivity index (χ4n) is 1.82. The zero-order chi connectivity index (χ0) is 13.8. The molecule has 1 aromatic carbocycles. The fourth-order valence-corrected chi connectivity index (χ4v) is 1.82. The lowest BCUT2D eigenvalue weighted by Gasteiger charge is -2.10. The van der Waals surface area contributed by atoms with Crippen molar-refractivity contribution in [2.45, 2.75) is 13.5 Å². The van der Waals surface area contributed by atoms with Crippen molar-refractivity contribution in [3.05, 3.63) is 69.1 Å². The SMILES string of the molecule is Cc1ccc(C#N)c(=O)n1Cc1ccc(C#N)cc1. The topological polar surface area (TPSA) is 69.6 Å². The largest absolute Gasteiger partial charge is 0.307 e. The minimum Gasteiger partial charge on any atom is -0.307 e. The minimum atomic E-state index is -0.285. The molecule has 0 atom stereocenters. The third kappa shape index (κ3) is 2.53. The zero-order valence-electron chi connectivity index (χ0n) is 10.4. The Morgan fingerprint density at radius 2 is 1.74 bits per heavy atom. The van der Waals surface area contributed by atoms with E-state index in [-0.39, 0.29) is 11.1 Å². The van der Waals surface area contributed by atoms with Gasteiger partial charge in [0.1, 0.15) is 11.6 Å². The predicted molar refractivity (Wildman–Crippen MR) is 70.4 cm³/mol. The van der Waals surface area contributed by atoms with Crippen LogP contribution >= 0.6 is 0 Å². The minimum absolute atomic E-state index is 0.138. The zero-order valence-corrected chi connectivity index (χ0v) is 10.4. The molecule has 2 rings (SSSR count). The van der Waals surface area contributed by atoms with Gasteiger partial charge in [0.05, 0.1) is 18.2 Å². The highest BCUT2D eigenvalue weighted by Gasteiger charge is 2.06. The molecule has 4 nitrogen and oxygen atoms in total. The number of hydrogen-bond donors (Lipinski definition) is 0. The highest BCUT2D eigenvalue weighted by atomic mass is 16.1. The number of aromatic nitrogens is 1. The average Bonchev–Trinajstić information content (AvgIpc) is 2.44. The van der Waals surface area contributed by atoms with Crippen molar-refractivity contribution in [2.75, 3.05) is 0 Å². The molecule has 0 radical (unpaired) electrons. The maximum absolute atomic E-state index is 12.0. The molecule has 0 amide bonds. The van der Waals surface area contributed by atoms with Gasteiger partial charge < -0.3 is 4.57 Å². The van der Waals surface area contributed by atoms with Crippen molar-refractivity contribution >= 4 is 0 Å². The second kappa shape index (κ2) is 5.20. The molecule has 2 aromatic rings. The average molecular weight is 249 g/mol. The van der Waals surface area contributed by atoms with Crippen LogP contribution in [-0.4, -0.2) is 4.57 Å². The lowest BCUT2D eigenvalue weighted by Crippen LogP contribution is -2.24. The number of nitriles is 2. The maximum Gasteiger partial charge on any atom is 0.268 e. The van der Waals surface area contributed by atoms with Gasteiger partial charge in [0.25, 0.3) is 5.56 Å². The van der Waals surface area contributed by atoms with E-state index in [4.69, 9.17) is 10.5 Å². The normalized spacial score (nSPS) is 9.63. The summed E-state index contributed by atoms with van der Waals surface area (Å²) >= 11 is 0. The van der Waals surface area contributed by atoms with Crippen LogP contribution in [0.15, 0.2) is 41.2 Å². The van der Waals surface area contributed by atoms with Crippen molar-refractivity contribution in [2.24, 2.45) is 0 Å². The van der Waals surface area contributed by atoms with E-state index in [2.05, 4.69) is 0 Å². The molecule has 0 bridgehead atoms. The Morgan fingerprint density at radius 3 is 2.32 bits per heavy atom. The summed E-state index contributed by atoms with van der Waals surface area (Å²) in [5, 5.41) is 17.6. The monoisotopic (exact) mass is 249 g/mol. The molecule has 0 saturated heterocycles. The lowest BCUT2D eigenvalue weighted by molar-refractivity contribution is 0.727. The Bertz CT molecular complexity index is 743. The summed E-state index contributed by atoms with van der Waals surface area (Å²) in [6.07, 6.45) is 0. The number of pyridine rings is 1. The molecule has 1 heterocycles. The summed E-state index contributed by atoms with van der Waals surface area (Å²) in [5.41, 5.74) is 2.15. The van der Waals surface area contributed by atoms with Crippen LogP contribution in [0.5, 0.6) is 0 Å². The summed E-state index contributed by atoms with van der Waals surface area (Å²) in [4.78, 5) is 12.0. The molecule has 0 aliphatic rings. The molecule has 0 saturated carbocycles. The first-order valence-electron chi connectivity index (χ1n) is 5.75. The van der Waals surface area contributed by atoms with Crippen LogP contribution in [-0.2, 0) is 6.54 Å². The number of nitrogens with zero attached hydrogens (tertiary/aromatic N) is 3. The molecule has 0 aliphatic carbocycles. The van der Waals surface area contributed by atoms with Crippen LogP contribution < -0.4 is 5.56 Å². The highest BCUT2D eigenvalue weighted by Crippen LogP contribution is 2.07. The molecule has 0 aliphatic heterocycles. The van der Waals surface area contributed by atoms with Crippen LogP contribution in [0.3, 0.4) is 0 Å². The molecular weight excluding hydrogens is 238 g/mol. The van der Waals surface area contributed by atoms with Gasteiger partial charge in [-0.25, -0.2) is 0 Å². The van der Waals surface area contributed by atoms with E-state index < -0.39 is 0 Å². The van der Waals surface area contributed by atoms with Crippen molar-refractivity contribution in [1.82, 2.24) is 4.57 Å². The molecule has 0 N–H and O–H groups in total. The second-order valence-corrected chi connectivity index (χ2v) is 4.20. The highest BCUT2D eigenvalue weighted by molar-refractivity contribution is 5.32. The van der Waals surface area contributed by atoms with Crippen LogP contribution in [0.1, 0.15) is 22.4 Å². The van der Waals surface area contributed by atoms with Crippen LogP contribution in [0.25, 0.3) is 0 Å². The number of rotatable bonds is 2. The molecule has 0 unspecified atom stereocenters. The van der Waals surface area contributed by atoms with E-state index in [1.807, 2.05) is 31.2 Å². The van der Waals surface area contributed by atoms with Gasteiger partial charge in [-0.15, -0.1) is 0 Å². The van der Waals surface area contributed by atoms with E-state index in [1.165, 1.54) is 6.07 Å². The van der Waals surface area contributed by atoms with E-state index in [1.54, 1.807) is 22.8 Å². The molecule has 4 heteroatoms. The van der Waals surface area contributed by atoms with Gasteiger partial charge in [0, 0.05) is 5.69 Å². The van der Waals surface area contributed by atoms with Gasteiger partial charge in [0.15, 0.2) is 0 Å². The Balaban J connectivity index is 2.41. The smallest absolute Gasteiger partial charge is 0.268 e. The summed E-state index contributed by atoms with van der Waals surface area (Å²) in [7, 11) is 0. The maximum atomic E-state index is 12.0. The van der Waals surface area contributed by atoms with Crippen molar-refractivity contribution < 1.29 is 0 Å². The molecule has 1 aromatic heterocycles. The standard InChI is InChI=1S/C15H11N3O/c1-11-2-7-14(9-17)15(19)18(11)10-13-5-3-12(8-16)4-6-13/h2-7H,10H2,1H3. The number of benzene rings is 1. The fraction of sp³-hybridized carbons (Fsp3) is 0.133. The van der Waals surface area contributed by atoms with Crippen LogP contribution in [0.4, 0.5) is 0 Å². The Kier molecular flexibility index (Phi) is 3.45. The molecule has 0 spiro atoms. The van der Waals surface area contributed by atoms with E-state index >= 15 is 0 Å². The van der Waals surface area contributed by atoms with Crippen molar-refractivity contribution in [1.29, 1.82) is 10.5 Å².